The maximum Gasteiger partial charge on any atom is 0.118 e. The number of piperazine rings is 1. The van der Waals surface area contributed by atoms with E-state index in [1.165, 1.54) is 0 Å². The lowest BCUT2D eigenvalue weighted by atomic mass is 9.97. The predicted molar refractivity (Wildman–Crippen MR) is 82.8 cm³/mol. The molecule has 4 heteroatoms. The van der Waals surface area contributed by atoms with Gasteiger partial charge < -0.3 is 5.32 Å². The molecule has 0 aliphatic carbocycles. The van der Waals surface area contributed by atoms with Crippen LogP contribution in [0.3, 0.4) is 0 Å². The van der Waals surface area contributed by atoms with Crippen LogP contribution in [0.2, 0.25) is 0 Å². The SMILES string of the molecule is CC(C)[C@@H]1C[C@@H](F)[C@@H](CN2CCNCC2)N1C(C)(C)C. The fraction of sp³-hybridized carbons (Fsp3) is 1.00. The minimum atomic E-state index is -0.684. The number of alkyl halides is 1. The van der Waals surface area contributed by atoms with Gasteiger partial charge in [-0.05, 0) is 33.1 Å². The zero-order valence-corrected chi connectivity index (χ0v) is 13.8. The quantitative estimate of drug-likeness (QED) is 0.857. The molecule has 3 atom stereocenters. The van der Waals surface area contributed by atoms with Crippen molar-refractivity contribution in [3.05, 3.63) is 0 Å². The van der Waals surface area contributed by atoms with Crippen LogP contribution in [0.1, 0.15) is 41.0 Å². The molecule has 2 aliphatic rings. The lowest BCUT2D eigenvalue weighted by Gasteiger charge is -2.44. The number of nitrogens with zero attached hydrogens (tertiary/aromatic N) is 2. The van der Waals surface area contributed by atoms with Gasteiger partial charge in [0.05, 0.1) is 6.04 Å². The Kier molecular flexibility index (Phi) is 5.09. The molecular weight excluding hydrogens is 253 g/mol. The van der Waals surface area contributed by atoms with Crippen LogP contribution in [0.5, 0.6) is 0 Å². The molecule has 0 aromatic rings. The molecule has 2 heterocycles. The van der Waals surface area contributed by atoms with E-state index in [4.69, 9.17) is 0 Å². The smallest absolute Gasteiger partial charge is 0.118 e. The monoisotopic (exact) mass is 285 g/mol. The lowest BCUT2D eigenvalue weighted by Crippen LogP contribution is -2.56. The number of likely N-dealkylation sites (tertiary alicyclic amines) is 1. The fourth-order valence-corrected chi connectivity index (χ4v) is 3.87. The maximum absolute atomic E-state index is 14.6. The molecular formula is C16H32FN3. The molecule has 2 fully saturated rings. The molecule has 2 rings (SSSR count). The molecule has 2 saturated heterocycles. The van der Waals surface area contributed by atoms with E-state index in [1.54, 1.807) is 0 Å². The average molecular weight is 285 g/mol. The third kappa shape index (κ3) is 3.52. The van der Waals surface area contributed by atoms with Crippen LogP contribution in [0.4, 0.5) is 4.39 Å². The third-order valence-corrected chi connectivity index (χ3v) is 4.80. The summed E-state index contributed by atoms with van der Waals surface area (Å²) in [5.74, 6) is 0.514. The topological polar surface area (TPSA) is 18.5 Å². The highest BCUT2D eigenvalue weighted by molar-refractivity contribution is 5.02. The van der Waals surface area contributed by atoms with Crippen molar-refractivity contribution in [2.45, 2.75) is 64.8 Å². The second-order valence-electron chi connectivity index (χ2n) is 7.76. The van der Waals surface area contributed by atoms with Crippen LogP contribution in [-0.2, 0) is 0 Å². The summed E-state index contributed by atoms with van der Waals surface area (Å²) in [6, 6.07) is 0.429. The molecule has 0 bridgehead atoms. The van der Waals surface area contributed by atoms with Crippen molar-refractivity contribution in [1.82, 2.24) is 15.1 Å². The summed E-state index contributed by atoms with van der Waals surface area (Å²) in [4.78, 5) is 4.89. The van der Waals surface area contributed by atoms with E-state index in [-0.39, 0.29) is 11.6 Å². The minimum absolute atomic E-state index is 0.0362. The summed E-state index contributed by atoms with van der Waals surface area (Å²) < 4.78 is 14.6. The lowest BCUT2D eigenvalue weighted by molar-refractivity contribution is 0.0257. The highest BCUT2D eigenvalue weighted by Gasteiger charge is 2.47. The predicted octanol–water partition coefficient (Wildman–Crippen LogP) is 2.13. The Morgan fingerprint density at radius 3 is 2.30 bits per heavy atom. The Balaban J connectivity index is 2.11. The first-order valence-corrected chi connectivity index (χ1v) is 8.16. The van der Waals surface area contributed by atoms with Gasteiger partial charge in [0, 0.05) is 44.3 Å². The first-order valence-electron chi connectivity index (χ1n) is 8.16. The molecule has 2 aliphatic heterocycles. The summed E-state index contributed by atoms with van der Waals surface area (Å²) in [6.07, 6.45) is 0.0163. The second kappa shape index (κ2) is 6.29. The van der Waals surface area contributed by atoms with Crippen LogP contribution in [0.15, 0.2) is 0 Å². The Morgan fingerprint density at radius 1 is 1.20 bits per heavy atom. The first kappa shape index (κ1) is 16.2. The average Bonchev–Trinajstić information content (AvgIpc) is 2.68. The third-order valence-electron chi connectivity index (χ3n) is 4.80. The van der Waals surface area contributed by atoms with Crippen LogP contribution in [-0.4, -0.2) is 66.3 Å². The normalized spacial score (nSPS) is 34.0. The van der Waals surface area contributed by atoms with Crippen LogP contribution in [0.25, 0.3) is 0 Å². The number of rotatable bonds is 3. The second-order valence-corrected chi connectivity index (χ2v) is 7.76. The summed E-state index contributed by atoms with van der Waals surface area (Å²) in [7, 11) is 0. The van der Waals surface area contributed by atoms with Crippen LogP contribution >= 0.6 is 0 Å². The van der Waals surface area contributed by atoms with Crippen LogP contribution in [0, 0.1) is 5.92 Å². The Hall–Kier alpha value is -0.190. The van der Waals surface area contributed by atoms with E-state index in [0.29, 0.717) is 18.4 Å². The van der Waals surface area contributed by atoms with Crippen molar-refractivity contribution in [1.29, 1.82) is 0 Å². The van der Waals surface area contributed by atoms with Gasteiger partial charge in [-0.25, -0.2) is 4.39 Å². The Morgan fingerprint density at radius 2 is 1.80 bits per heavy atom. The van der Waals surface area contributed by atoms with Crippen molar-refractivity contribution in [3.63, 3.8) is 0 Å². The van der Waals surface area contributed by atoms with Crippen molar-refractivity contribution < 1.29 is 4.39 Å². The van der Waals surface area contributed by atoms with Gasteiger partial charge in [0.1, 0.15) is 6.17 Å². The van der Waals surface area contributed by atoms with Crippen molar-refractivity contribution in [3.8, 4) is 0 Å². The standard InChI is InChI=1S/C16H32FN3/c1-12(2)14-10-13(17)15(20(14)16(3,4)5)11-19-8-6-18-7-9-19/h12-15,18H,6-11H2,1-5H3/t13-,14+,15-/m1/s1. The highest BCUT2D eigenvalue weighted by Crippen LogP contribution is 2.37. The van der Waals surface area contributed by atoms with Gasteiger partial charge in [-0.2, -0.15) is 0 Å². The largest absolute Gasteiger partial charge is 0.314 e. The van der Waals surface area contributed by atoms with Gasteiger partial charge in [0.15, 0.2) is 0 Å². The summed E-state index contributed by atoms with van der Waals surface area (Å²) >= 11 is 0. The van der Waals surface area contributed by atoms with E-state index in [2.05, 4.69) is 49.7 Å². The molecule has 0 radical (unpaired) electrons. The fourth-order valence-electron chi connectivity index (χ4n) is 3.87. The molecule has 0 unspecified atom stereocenters. The number of hydrogen-bond donors (Lipinski definition) is 1. The zero-order valence-electron chi connectivity index (χ0n) is 13.8. The molecule has 0 aromatic heterocycles. The van der Waals surface area contributed by atoms with Crippen molar-refractivity contribution in [2.24, 2.45) is 5.92 Å². The van der Waals surface area contributed by atoms with Crippen molar-refractivity contribution >= 4 is 0 Å². The summed E-state index contributed by atoms with van der Waals surface area (Å²) in [6.45, 7) is 16.2. The maximum atomic E-state index is 14.6. The van der Waals surface area contributed by atoms with Gasteiger partial charge in [-0.1, -0.05) is 13.8 Å². The zero-order chi connectivity index (χ0) is 14.9. The van der Waals surface area contributed by atoms with Crippen LogP contribution < -0.4 is 5.32 Å². The minimum Gasteiger partial charge on any atom is -0.314 e. The first-order chi connectivity index (χ1) is 9.30. The van der Waals surface area contributed by atoms with Gasteiger partial charge in [0.25, 0.3) is 0 Å². The molecule has 0 amide bonds. The Bertz CT molecular complexity index is 307. The van der Waals surface area contributed by atoms with Gasteiger partial charge >= 0.3 is 0 Å². The Labute approximate surface area is 123 Å². The summed E-state index contributed by atoms with van der Waals surface area (Å²) in [5, 5.41) is 3.37. The molecule has 3 nitrogen and oxygen atoms in total. The highest BCUT2D eigenvalue weighted by atomic mass is 19.1. The van der Waals surface area contributed by atoms with E-state index in [0.717, 1.165) is 32.7 Å². The number of halogens is 1. The molecule has 0 aromatic carbocycles. The van der Waals surface area contributed by atoms with Gasteiger partial charge in [-0.3, -0.25) is 9.80 Å². The van der Waals surface area contributed by atoms with E-state index in [9.17, 15) is 4.39 Å². The van der Waals surface area contributed by atoms with E-state index < -0.39 is 6.17 Å². The number of hydrogen-bond acceptors (Lipinski definition) is 3. The molecule has 0 spiro atoms. The van der Waals surface area contributed by atoms with Gasteiger partial charge in [0.2, 0.25) is 0 Å². The molecule has 0 saturated carbocycles. The molecule has 20 heavy (non-hydrogen) atoms. The molecule has 1 N–H and O–H groups in total. The van der Waals surface area contributed by atoms with E-state index >= 15 is 0 Å². The summed E-state index contributed by atoms with van der Waals surface area (Å²) in [5.41, 5.74) is 0.0362. The van der Waals surface area contributed by atoms with Crippen molar-refractivity contribution in [2.75, 3.05) is 32.7 Å². The molecule has 118 valence electrons. The van der Waals surface area contributed by atoms with Gasteiger partial charge in [-0.15, -0.1) is 0 Å². The number of nitrogens with one attached hydrogen (secondary N) is 1. The van der Waals surface area contributed by atoms with E-state index in [1.807, 2.05) is 0 Å².